The SMILES string of the molecule is CC(C)Cc1ccc(-c2cccc(OC(F)F)c2)c([C@@H]2CCCC2(C)C)c1. The minimum absolute atomic E-state index is 0.213. The summed E-state index contributed by atoms with van der Waals surface area (Å²) in [5.41, 5.74) is 5.04. The zero-order valence-corrected chi connectivity index (χ0v) is 16.8. The van der Waals surface area contributed by atoms with E-state index in [4.69, 9.17) is 0 Å². The molecule has 0 bridgehead atoms. The van der Waals surface area contributed by atoms with Gasteiger partial charge in [0.1, 0.15) is 5.75 Å². The minimum atomic E-state index is -2.80. The van der Waals surface area contributed by atoms with Crippen LogP contribution in [0.15, 0.2) is 42.5 Å². The smallest absolute Gasteiger partial charge is 0.387 e. The summed E-state index contributed by atoms with van der Waals surface area (Å²) in [5.74, 6) is 1.30. The molecule has 2 aromatic carbocycles. The van der Waals surface area contributed by atoms with Gasteiger partial charge >= 0.3 is 6.61 Å². The second-order valence-corrected chi connectivity index (χ2v) is 8.86. The summed E-state index contributed by atoms with van der Waals surface area (Å²) < 4.78 is 29.9. The number of halogens is 2. The van der Waals surface area contributed by atoms with Gasteiger partial charge in [-0.3, -0.25) is 0 Å². The standard InChI is InChI=1S/C24H30F2O/c1-16(2)13-17-10-11-20(18-7-5-8-19(15-18)27-23(25)26)21(14-17)22-9-6-12-24(22,3)4/h5,7-8,10-11,14-16,22-23H,6,9,12-13H2,1-4H3/t22-/m0/s1. The predicted octanol–water partition coefficient (Wildman–Crippen LogP) is 7.45. The quantitative estimate of drug-likeness (QED) is 0.512. The maximum absolute atomic E-state index is 12.6. The van der Waals surface area contributed by atoms with Crippen LogP contribution in [0, 0.1) is 11.3 Å². The average Bonchev–Trinajstić information content (AvgIpc) is 2.93. The molecule has 0 amide bonds. The molecule has 0 unspecified atom stereocenters. The summed E-state index contributed by atoms with van der Waals surface area (Å²) in [6.45, 7) is 6.36. The van der Waals surface area contributed by atoms with Gasteiger partial charge in [-0.1, -0.05) is 64.4 Å². The number of hydrogen-bond donors (Lipinski definition) is 0. The van der Waals surface area contributed by atoms with Gasteiger partial charge in [0.2, 0.25) is 0 Å². The molecule has 0 spiro atoms. The van der Waals surface area contributed by atoms with Crippen molar-refractivity contribution in [3.05, 3.63) is 53.6 Å². The van der Waals surface area contributed by atoms with Crippen LogP contribution in [0.4, 0.5) is 8.78 Å². The zero-order chi connectivity index (χ0) is 19.6. The van der Waals surface area contributed by atoms with E-state index < -0.39 is 6.61 Å². The number of rotatable bonds is 6. The van der Waals surface area contributed by atoms with Crippen molar-refractivity contribution in [2.75, 3.05) is 0 Å². The van der Waals surface area contributed by atoms with Crippen molar-refractivity contribution in [3.8, 4) is 16.9 Å². The Morgan fingerprint density at radius 3 is 2.52 bits per heavy atom. The number of alkyl halides is 2. The van der Waals surface area contributed by atoms with Crippen LogP contribution in [-0.4, -0.2) is 6.61 Å². The van der Waals surface area contributed by atoms with Crippen LogP contribution < -0.4 is 4.74 Å². The van der Waals surface area contributed by atoms with E-state index in [0.717, 1.165) is 17.5 Å². The highest BCUT2D eigenvalue weighted by Crippen LogP contribution is 2.51. The maximum Gasteiger partial charge on any atom is 0.387 e. The molecule has 0 saturated heterocycles. The third-order valence-corrected chi connectivity index (χ3v) is 5.76. The van der Waals surface area contributed by atoms with Crippen LogP contribution in [0.1, 0.15) is 64.0 Å². The van der Waals surface area contributed by atoms with Crippen molar-refractivity contribution in [2.24, 2.45) is 11.3 Å². The molecule has 3 rings (SSSR count). The number of benzene rings is 2. The topological polar surface area (TPSA) is 9.23 Å². The van der Waals surface area contributed by atoms with Crippen molar-refractivity contribution in [2.45, 2.75) is 65.9 Å². The van der Waals surface area contributed by atoms with E-state index >= 15 is 0 Å². The monoisotopic (exact) mass is 372 g/mol. The molecule has 3 heteroatoms. The summed E-state index contributed by atoms with van der Waals surface area (Å²) in [5, 5.41) is 0. The fraction of sp³-hybridized carbons (Fsp3) is 0.500. The first-order valence-electron chi connectivity index (χ1n) is 9.94. The molecule has 0 N–H and O–H groups in total. The Morgan fingerprint density at radius 1 is 1.11 bits per heavy atom. The van der Waals surface area contributed by atoms with Crippen LogP contribution in [0.5, 0.6) is 5.75 Å². The fourth-order valence-electron chi connectivity index (χ4n) is 4.50. The lowest BCUT2D eigenvalue weighted by molar-refractivity contribution is -0.0498. The molecule has 0 aromatic heterocycles. The summed E-state index contributed by atoms with van der Waals surface area (Å²) in [7, 11) is 0. The van der Waals surface area contributed by atoms with Crippen LogP contribution in [0.3, 0.4) is 0 Å². The van der Waals surface area contributed by atoms with E-state index in [1.54, 1.807) is 18.2 Å². The molecule has 1 aliphatic rings. The Hall–Kier alpha value is -1.90. The highest BCUT2D eigenvalue weighted by atomic mass is 19.3. The molecular formula is C24H30F2O. The van der Waals surface area contributed by atoms with E-state index in [1.807, 2.05) is 6.07 Å². The van der Waals surface area contributed by atoms with Crippen molar-refractivity contribution >= 4 is 0 Å². The maximum atomic E-state index is 12.6. The lowest BCUT2D eigenvalue weighted by Crippen LogP contribution is -2.16. The second-order valence-electron chi connectivity index (χ2n) is 8.86. The summed E-state index contributed by atoms with van der Waals surface area (Å²) in [6, 6.07) is 13.8. The molecule has 1 fully saturated rings. The van der Waals surface area contributed by atoms with Crippen molar-refractivity contribution in [3.63, 3.8) is 0 Å². The molecule has 0 heterocycles. The van der Waals surface area contributed by atoms with Crippen molar-refractivity contribution in [1.29, 1.82) is 0 Å². The van der Waals surface area contributed by atoms with E-state index in [-0.39, 0.29) is 11.2 Å². The van der Waals surface area contributed by atoms with Gasteiger partial charge in [0.25, 0.3) is 0 Å². The third-order valence-electron chi connectivity index (χ3n) is 5.76. The van der Waals surface area contributed by atoms with Crippen LogP contribution in [-0.2, 0) is 6.42 Å². The van der Waals surface area contributed by atoms with E-state index in [0.29, 0.717) is 11.8 Å². The van der Waals surface area contributed by atoms with Gasteiger partial charge in [-0.25, -0.2) is 0 Å². The first-order chi connectivity index (χ1) is 12.8. The number of hydrogen-bond acceptors (Lipinski definition) is 1. The molecule has 1 saturated carbocycles. The lowest BCUT2D eigenvalue weighted by Gasteiger charge is -2.30. The normalized spacial score (nSPS) is 19.0. The van der Waals surface area contributed by atoms with Crippen LogP contribution in [0.2, 0.25) is 0 Å². The molecule has 1 aliphatic carbocycles. The molecule has 0 radical (unpaired) electrons. The van der Waals surface area contributed by atoms with E-state index in [1.165, 1.54) is 30.4 Å². The molecule has 0 aliphatic heterocycles. The summed E-state index contributed by atoms with van der Waals surface area (Å²) >= 11 is 0. The van der Waals surface area contributed by atoms with Crippen molar-refractivity contribution < 1.29 is 13.5 Å². The Morgan fingerprint density at radius 2 is 1.89 bits per heavy atom. The third kappa shape index (κ3) is 4.69. The van der Waals surface area contributed by atoms with Crippen LogP contribution >= 0.6 is 0 Å². The minimum Gasteiger partial charge on any atom is -0.435 e. The first kappa shape index (κ1) is 19.9. The zero-order valence-electron chi connectivity index (χ0n) is 16.8. The van der Waals surface area contributed by atoms with E-state index in [9.17, 15) is 8.78 Å². The van der Waals surface area contributed by atoms with Gasteiger partial charge in [0.15, 0.2) is 0 Å². The summed E-state index contributed by atoms with van der Waals surface area (Å²) in [4.78, 5) is 0. The Kier molecular flexibility index (Phi) is 5.88. The first-order valence-corrected chi connectivity index (χ1v) is 9.94. The Labute approximate surface area is 161 Å². The highest BCUT2D eigenvalue weighted by Gasteiger charge is 2.36. The van der Waals surface area contributed by atoms with Gasteiger partial charge < -0.3 is 4.74 Å². The van der Waals surface area contributed by atoms with Gasteiger partial charge in [-0.2, -0.15) is 8.78 Å². The predicted molar refractivity (Wildman–Crippen MR) is 107 cm³/mol. The molecular weight excluding hydrogens is 342 g/mol. The van der Waals surface area contributed by atoms with Gasteiger partial charge in [-0.05, 0) is 70.9 Å². The molecule has 1 atom stereocenters. The van der Waals surface area contributed by atoms with Gasteiger partial charge in [0, 0.05) is 0 Å². The highest BCUT2D eigenvalue weighted by molar-refractivity contribution is 5.70. The van der Waals surface area contributed by atoms with Crippen molar-refractivity contribution in [1.82, 2.24) is 0 Å². The van der Waals surface area contributed by atoms with Gasteiger partial charge in [-0.15, -0.1) is 0 Å². The molecule has 1 nitrogen and oxygen atoms in total. The molecule has 146 valence electrons. The molecule has 27 heavy (non-hydrogen) atoms. The second kappa shape index (κ2) is 8.00. The van der Waals surface area contributed by atoms with Crippen LogP contribution in [0.25, 0.3) is 11.1 Å². The fourth-order valence-corrected chi connectivity index (χ4v) is 4.50. The lowest BCUT2D eigenvalue weighted by atomic mass is 9.75. The number of ether oxygens (including phenoxy) is 1. The molecule has 2 aromatic rings. The van der Waals surface area contributed by atoms with Gasteiger partial charge in [0.05, 0.1) is 0 Å². The largest absolute Gasteiger partial charge is 0.435 e. The Bertz CT molecular complexity index is 780. The van der Waals surface area contributed by atoms with E-state index in [2.05, 4.69) is 50.6 Å². The summed E-state index contributed by atoms with van der Waals surface area (Å²) in [6.07, 6.45) is 4.69. The Balaban J connectivity index is 2.06. The average molecular weight is 372 g/mol.